The molecule has 0 aliphatic heterocycles. The molecule has 0 amide bonds. The summed E-state index contributed by atoms with van der Waals surface area (Å²) in [5, 5.41) is 3.49. The van der Waals surface area contributed by atoms with Gasteiger partial charge in [-0.3, -0.25) is 0 Å². The molecule has 1 aromatic heterocycles. The van der Waals surface area contributed by atoms with Gasteiger partial charge in [0, 0.05) is 29.7 Å². The molecule has 14 heavy (non-hydrogen) atoms. The first-order valence-electron chi connectivity index (χ1n) is 5.08. The summed E-state index contributed by atoms with van der Waals surface area (Å²) in [5.74, 6) is 0. The van der Waals surface area contributed by atoms with E-state index in [2.05, 4.69) is 21.5 Å². The van der Waals surface area contributed by atoms with Gasteiger partial charge in [0.15, 0.2) is 0 Å². The molecule has 1 aliphatic carbocycles. The molecule has 0 atom stereocenters. The average molecular weight is 211 g/mol. The van der Waals surface area contributed by atoms with E-state index in [1.54, 1.807) is 6.33 Å². The van der Waals surface area contributed by atoms with Crippen LogP contribution in [-0.4, -0.2) is 27.5 Å². The van der Waals surface area contributed by atoms with Crippen LogP contribution in [0.2, 0.25) is 0 Å². The van der Waals surface area contributed by atoms with Crippen LogP contribution < -0.4 is 5.32 Å². The molecule has 4 heteroatoms. The van der Waals surface area contributed by atoms with E-state index in [0.29, 0.717) is 4.75 Å². The molecule has 1 fully saturated rings. The van der Waals surface area contributed by atoms with Crippen LogP contribution in [0.1, 0.15) is 25.0 Å². The minimum atomic E-state index is 0.528. The molecule has 78 valence electrons. The van der Waals surface area contributed by atoms with Crippen LogP contribution >= 0.6 is 11.8 Å². The highest BCUT2D eigenvalue weighted by molar-refractivity contribution is 8.00. The lowest BCUT2D eigenvalue weighted by Crippen LogP contribution is -2.43. The Kier molecular flexibility index (Phi) is 3.13. The summed E-state index contributed by atoms with van der Waals surface area (Å²) in [6.45, 7) is 2.02. The summed E-state index contributed by atoms with van der Waals surface area (Å²) in [6, 6.07) is 0. The van der Waals surface area contributed by atoms with Crippen LogP contribution in [0.3, 0.4) is 0 Å². The van der Waals surface area contributed by atoms with Crippen molar-refractivity contribution in [3.63, 3.8) is 0 Å². The Morgan fingerprint density at radius 3 is 3.00 bits per heavy atom. The van der Waals surface area contributed by atoms with Crippen LogP contribution in [-0.2, 0) is 6.54 Å². The van der Waals surface area contributed by atoms with Gasteiger partial charge in [-0.2, -0.15) is 11.8 Å². The van der Waals surface area contributed by atoms with E-state index in [1.165, 1.54) is 25.0 Å². The maximum absolute atomic E-state index is 3.99. The number of hydrogen-bond acceptors (Lipinski definition) is 3. The van der Waals surface area contributed by atoms with E-state index < -0.39 is 0 Å². The molecule has 1 aromatic rings. The Morgan fingerprint density at radius 2 is 2.50 bits per heavy atom. The number of imidazole rings is 1. The normalized spacial score (nSPS) is 19.2. The molecule has 1 aliphatic rings. The van der Waals surface area contributed by atoms with Crippen molar-refractivity contribution in [3.05, 3.63) is 18.2 Å². The lowest BCUT2D eigenvalue weighted by molar-refractivity contribution is 0.345. The van der Waals surface area contributed by atoms with Crippen LogP contribution in [0.4, 0.5) is 0 Å². The molecule has 0 radical (unpaired) electrons. The molecule has 0 unspecified atom stereocenters. The Balaban J connectivity index is 1.72. The van der Waals surface area contributed by atoms with Crippen molar-refractivity contribution in [2.24, 2.45) is 0 Å². The molecule has 0 saturated heterocycles. The third-order valence-electron chi connectivity index (χ3n) is 3.02. The van der Waals surface area contributed by atoms with Gasteiger partial charge in [-0.15, -0.1) is 0 Å². The highest BCUT2D eigenvalue weighted by Crippen LogP contribution is 2.42. The summed E-state index contributed by atoms with van der Waals surface area (Å²) in [7, 11) is 0. The average Bonchev–Trinajstić information content (AvgIpc) is 2.62. The van der Waals surface area contributed by atoms with Gasteiger partial charge >= 0.3 is 0 Å². The van der Waals surface area contributed by atoms with Gasteiger partial charge < -0.3 is 10.3 Å². The summed E-state index contributed by atoms with van der Waals surface area (Å²) in [4.78, 5) is 7.09. The summed E-state index contributed by atoms with van der Waals surface area (Å²) in [5.41, 5.74) is 1.17. The number of thioether (sulfide) groups is 1. The SMILES string of the molecule is CSC1(CNCc2cnc[nH]2)CCC1. The third-order valence-corrected chi connectivity index (χ3v) is 4.43. The van der Waals surface area contributed by atoms with Gasteiger partial charge in [0.25, 0.3) is 0 Å². The van der Waals surface area contributed by atoms with Crippen LogP contribution in [0.5, 0.6) is 0 Å². The third kappa shape index (κ3) is 2.12. The molecular weight excluding hydrogens is 194 g/mol. The monoisotopic (exact) mass is 211 g/mol. The topological polar surface area (TPSA) is 40.7 Å². The number of nitrogens with one attached hydrogen (secondary N) is 2. The molecule has 1 saturated carbocycles. The first-order chi connectivity index (χ1) is 6.85. The largest absolute Gasteiger partial charge is 0.347 e. The van der Waals surface area contributed by atoms with E-state index in [9.17, 15) is 0 Å². The lowest BCUT2D eigenvalue weighted by atomic mass is 9.84. The van der Waals surface area contributed by atoms with E-state index in [4.69, 9.17) is 0 Å². The van der Waals surface area contributed by atoms with Gasteiger partial charge in [-0.1, -0.05) is 6.42 Å². The minimum absolute atomic E-state index is 0.528. The van der Waals surface area contributed by atoms with Gasteiger partial charge in [-0.05, 0) is 19.1 Å². The predicted molar refractivity (Wildman–Crippen MR) is 60.4 cm³/mol. The Bertz CT molecular complexity index is 261. The zero-order chi connectivity index (χ0) is 9.86. The smallest absolute Gasteiger partial charge is 0.0922 e. The van der Waals surface area contributed by atoms with E-state index >= 15 is 0 Å². The predicted octanol–water partition coefficient (Wildman–Crippen LogP) is 1.79. The summed E-state index contributed by atoms with van der Waals surface area (Å²) >= 11 is 2.01. The molecule has 2 rings (SSSR count). The highest BCUT2D eigenvalue weighted by Gasteiger charge is 2.35. The van der Waals surface area contributed by atoms with Crippen molar-refractivity contribution < 1.29 is 0 Å². The molecule has 0 bridgehead atoms. The first kappa shape index (κ1) is 10.1. The lowest BCUT2D eigenvalue weighted by Gasteiger charge is -2.40. The van der Waals surface area contributed by atoms with Crippen molar-refractivity contribution in [3.8, 4) is 0 Å². The van der Waals surface area contributed by atoms with Gasteiger partial charge in [0.1, 0.15) is 0 Å². The fraction of sp³-hybridized carbons (Fsp3) is 0.700. The number of nitrogens with zero attached hydrogens (tertiary/aromatic N) is 1. The fourth-order valence-electron chi connectivity index (χ4n) is 1.83. The molecular formula is C10H17N3S. The van der Waals surface area contributed by atoms with Crippen LogP contribution in [0.15, 0.2) is 12.5 Å². The highest BCUT2D eigenvalue weighted by atomic mass is 32.2. The Morgan fingerprint density at radius 1 is 1.64 bits per heavy atom. The maximum atomic E-state index is 3.99. The number of hydrogen-bond donors (Lipinski definition) is 2. The van der Waals surface area contributed by atoms with Crippen LogP contribution in [0.25, 0.3) is 0 Å². The standard InChI is InChI=1S/C10H17N3S/c1-14-10(3-2-4-10)7-11-5-9-6-12-8-13-9/h6,8,11H,2-5,7H2,1H3,(H,12,13). The van der Waals surface area contributed by atoms with Gasteiger partial charge in [0.2, 0.25) is 0 Å². The first-order valence-corrected chi connectivity index (χ1v) is 6.30. The van der Waals surface area contributed by atoms with E-state index in [0.717, 1.165) is 13.1 Å². The zero-order valence-electron chi connectivity index (χ0n) is 8.55. The van der Waals surface area contributed by atoms with Crippen LogP contribution in [0, 0.1) is 0 Å². The van der Waals surface area contributed by atoms with Crippen molar-refractivity contribution in [1.82, 2.24) is 15.3 Å². The molecule has 0 aromatic carbocycles. The quantitative estimate of drug-likeness (QED) is 0.780. The fourth-order valence-corrected chi connectivity index (χ4v) is 2.77. The van der Waals surface area contributed by atoms with Crippen molar-refractivity contribution in [2.45, 2.75) is 30.6 Å². The summed E-state index contributed by atoms with van der Waals surface area (Å²) < 4.78 is 0.528. The van der Waals surface area contributed by atoms with E-state index in [-0.39, 0.29) is 0 Å². The Hall–Kier alpha value is -0.480. The Labute approximate surface area is 89.1 Å². The molecule has 0 spiro atoms. The second-order valence-corrected chi connectivity index (χ2v) is 5.20. The molecule has 3 nitrogen and oxygen atoms in total. The second-order valence-electron chi connectivity index (χ2n) is 3.92. The van der Waals surface area contributed by atoms with Gasteiger partial charge in [0.05, 0.1) is 6.33 Å². The minimum Gasteiger partial charge on any atom is -0.347 e. The second kappa shape index (κ2) is 4.36. The van der Waals surface area contributed by atoms with Crippen molar-refractivity contribution in [1.29, 1.82) is 0 Å². The number of aromatic nitrogens is 2. The summed E-state index contributed by atoms with van der Waals surface area (Å²) in [6.07, 6.45) is 9.95. The number of rotatable bonds is 5. The molecule has 1 heterocycles. The number of H-pyrrole nitrogens is 1. The van der Waals surface area contributed by atoms with Gasteiger partial charge in [-0.25, -0.2) is 4.98 Å². The van der Waals surface area contributed by atoms with Crippen molar-refractivity contribution >= 4 is 11.8 Å². The van der Waals surface area contributed by atoms with Crippen molar-refractivity contribution in [2.75, 3.05) is 12.8 Å². The molecule has 2 N–H and O–H groups in total. The van der Waals surface area contributed by atoms with E-state index in [1.807, 2.05) is 18.0 Å². The zero-order valence-corrected chi connectivity index (χ0v) is 9.36. The number of aromatic amines is 1. The maximum Gasteiger partial charge on any atom is 0.0922 e.